The maximum Gasteiger partial charge on any atom is 0.323 e. The summed E-state index contributed by atoms with van der Waals surface area (Å²) in [5, 5.41) is 0.545. The van der Waals surface area contributed by atoms with Crippen molar-refractivity contribution in [2.75, 3.05) is 0 Å². The van der Waals surface area contributed by atoms with Crippen LogP contribution in [0.2, 0.25) is 0 Å². The first kappa shape index (κ1) is 9.79. The second-order valence-corrected chi connectivity index (χ2v) is 3.10. The normalized spacial score (nSPS) is 10.5. The fraction of sp³-hybridized carbons (Fsp3) is 0. The summed E-state index contributed by atoms with van der Waals surface area (Å²) in [6, 6.07) is 3.44. The average molecular weight is 229 g/mol. The summed E-state index contributed by atoms with van der Waals surface area (Å²) in [7, 11) is 0. The highest BCUT2D eigenvalue weighted by atomic mass is 35.5. The van der Waals surface area contributed by atoms with E-state index in [2.05, 4.69) is 4.29 Å². The standard InChI is InChI=1S/C9H6ClFN2O2/c10-15-8-4-7-5(3-6(8)11)1-2-13(7)9(12)14/h1-4H,(H2,12,14). The molecule has 1 amide bonds. The molecule has 1 aromatic heterocycles. The van der Waals surface area contributed by atoms with E-state index in [4.69, 9.17) is 17.6 Å². The molecule has 0 spiro atoms. The third-order valence-corrected chi connectivity index (χ3v) is 2.23. The average Bonchev–Trinajstić information content (AvgIpc) is 2.59. The van der Waals surface area contributed by atoms with Crippen LogP contribution in [0.4, 0.5) is 9.18 Å². The molecule has 1 heterocycles. The van der Waals surface area contributed by atoms with Crippen molar-refractivity contribution >= 4 is 28.8 Å². The summed E-state index contributed by atoms with van der Waals surface area (Å²) in [6.45, 7) is 0. The number of carbonyl (C=O) groups excluding carboxylic acids is 1. The van der Waals surface area contributed by atoms with Gasteiger partial charge in [0.1, 0.15) is 11.9 Å². The predicted molar refractivity (Wildman–Crippen MR) is 53.4 cm³/mol. The Morgan fingerprint density at radius 1 is 1.53 bits per heavy atom. The lowest BCUT2D eigenvalue weighted by Gasteiger charge is -2.01. The number of fused-ring (bicyclic) bond motifs is 1. The molecule has 0 bridgehead atoms. The van der Waals surface area contributed by atoms with Gasteiger partial charge in [-0.3, -0.25) is 4.57 Å². The van der Waals surface area contributed by atoms with Gasteiger partial charge in [-0.15, -0.1) is 0 Å². The number of carbonyl (C=O) groups is 1. The first-order chi connectivity index (χ1) is 7.13. The van der Waals surface area contributed by atoms with Gasteiger partial charge in [-0.1, -0.05) is 0 Å². The lowest BCUT2D eigenvalue weighted by molar-refractivity contribution is 0.251. The molecule has 0 atom stereocenters. The smallest absolute Gasteiger partial charge is 0.323 e. The van der Waals surface area contributed by atoms with E-state index in [1.807, 2.05) is 0 Å². The number of benzene rings is 1. The molecule has 0 unspecified atom stereocenters. The molecule has 0 aliphatic rings. The zero-order valence-electron chi connectivity index (χ0n) is 7.41. The molecular weight excluding hydrogens is 223 g/mol. The van der Waals surface area contributed by atoms with Gasteiger partial charge in [0.05, 0.1) is 5.52 Å². The van der Waals surface area contributed by atoms with Gasteiger partial charge in [0.15, 0.2) is 11.6 Å². The Morgan fingerprint density at radius 2 is 2.27 bits per heavy atom. The summed E-state index contributed by atoms with van der Waals surface area (Å²) < 4.78 is 18.7. The Labute approximate surface area is 89.2 Å². The minimum absolute atomic E-state index is 0.148. The number of rotatable bonds is 1. The lowest BCUT2D eigenvalue weighted by Crippen LogP contribution is -2.18. The molecule has 0 fully saturated rings. The Hall–Kier alpha value is -1.75. The van der Waals surface area contributed by atoms with E-state index in [1.165, 1.54) is 22.9 Å². The van der Waals surface area contributed by atoms with Gasteiger partial charge in [0, 0.05) is 17.6 Å². The summed E-state index contributed by atoms with van der Waals surface area (Å²) in [4.78, 5) is 11.0. The summed E-state index contributed by atoms with van der Waals surface area (Å²) >= 11 is 5.07. The first-order valence-electron chi connectivity index (χ1n) is 4.02. The van der Waals surface area contributed by atoms with Crippen LogP contribution in [0.5, 0.6) is 5.75 Å². The monoisotopic (exact) mass is 228 g/mol. The predicted octanol–water partition coefficient (Wildman–Crippen LogP) is 2.24. The number of aromatic nitrogens is 1. The van der Waals surface area contributed by atoms with Gasteiger partial charge in [0.25, 0.3) is 0 Å². The fourth-order valence-corrected chi connectivity index (χ4v) is 1.50. The molecular formula is C9H6ClFN2O2. The number of hydrogen-bond donors (Lipinski definition) is 1. The number of halogens is 2. The van der Waals surface area contributed by atoms with Crippen molar-refractivity contribution in [2.24, 2.45) is 5.73 Å². The van der Waals surface area contributed by atoms with Crippen molar-refractivity contribution < 1.29 is 13.5 Å². The lowest BCUT2D eigenvalue weighted by atomic mass is 10.2. The number of primary amides is 1. The van der Waals surface area contributed by atoms with Crippen molar-refractivity contribution in [1.29, 1.82) is 0 Å². The quantitative estimate of drug-likeness (QED) is 0.814. The Bertz CT molecular complexity index is 538. The van der Waals surface area contributed by atoms with Crippen molar-refractivity contribution in [3.05, 3.63) is 30.2 Å². The molecule has 0 aliphatic heterocycles. The van der Waals surface area contributed by atoms with Crippen molar-refractivity contribution in [3.8, 4) is 5.75 Å². The minimum atomic E-state index is -0.655. The van der Waals surface area contributed by atoms with Crippen molar-refractivity contribution in [3.63, 3.8) is 0 Å². The van der Waals surface area contributed by atoms with Crippen LogP contribution >= 0.6 is 11.9 Å². The van der Waals surface area contributed by atoms with E-state index in [-0.39, 0.29) is 5.75 Å². The van der Waals surface area contributed by atoms with Gasteiger partial charge in [0.2, 0.25) is 0 Å². The molecule has 6 heteroatoms. The molecule has 0 saturated carbocycles. The summed E-state index contributed by atoms with van der Waals surface area (Å²) in [6.07, 6.45) is 1.45. The van der Waals surface area contributed by atoms with E-state index in [9.17, 15) is 9.18 Å². The van der Waals surface area contributed by atoms with Crippen LogP contribution in [0.15, 0.2) is 24.4 Å². The van der Waals surface area contributed by atoms with E-state index in [0.29, 0.717) is 10.9 Å². The topological polar surface area (TPSA) is 57.2 Å². The van der Waals surface area contributed by atoms with E-state index >= 15 is 0 Å². The van der Waals surface area contributed by atoms with Crippen LogP contribution in [0.1, 0.15) is 0 Å². The number of nitrogens with zero attached hydrogens (tertiary/aromatic N) is 1. The Kier molecular flexibility index (Phi) is 2.24. The zero-order chi connectivity index (χ0) is 11.0. The first-order valence-corrected chi connectivity index (χ1v) is 4.33. The van der Waals surface area contributed by atoms with Crippen LogP contribution in [0.3, 0.4) is 0 Å². The Morgan fingerprint density at radius 3 is 2.87 bits per heavy atom. The maximum atomic E-state index is 13.2. The molecule has 0 radical (unpaired) electrons. The van der Waals surface area contributed by atoms with Gasteiger partial charge < -0.3 is 10.0 Å². The van der Waals surface area contributed by atoms with Crippen LogP contribution < -0.4 is 10.0 Å². The summed E-state index contributed by atoms with van der Waals surface area (Å²) in [5.41, 5.74) is 5.55. The largest absolute Gasteiger partial charge is 0.382 e. The molecule has 2 rings (SSSR count). The van der Waals surface area contributed by atoms with Gasteiger partial charge in [-0.2, -0.15) is 0 Å². The second-order valence-electron chi connectivity index (χ2n) is 2.94. The van der Waals surface area contributed by atoms with E-state index in [1.54, 1.807) is 6.07 Å². The maximum absolute atomic E-state index is 13.2. The highest BCUT2D eigenvalue weighted by Gasteiger charge is 2.11. The number of nitrogens with two attached hydrogens (primary N) is 1. The summed E-state index contributed by atoms with van der Waals surface area (Å²) in [5.74, 6) is -0.745. The number of amides is 1. The van der Waals surface area contributed by atoms with Crippen LogP contribution in [0.25, 0.3) is 10.9 Å². The molecule has 2 N–H and O–H groups in total. The minimum Gasteiger partial charge on any atom is -0.382 e. The van der Waals surface area contributed by atoms with Gasteiger partial charge in [-0.05, 0) is 12.1 Å². The molecule has 4 nitrogen and oxygen atoms in total. The van der Waals surface area contributed by atoms with Crippen LogP contribution in [-0.2, 0) is 0 Å². The highest BCUT2D eigenvalue weighted by Crippen LogP contribution is 2.26. The Balaban J connectivity index is 2.74. The van der Waals surface area contributed by atoms with Crippen molar-refractivity contribution in [1.82, 2.24) is 4.57 Å². The van der Waals surface area contributed by atoms with E-state index < -0.39 is 11.8 Å². The van der Waals surface area contributed by atoms with Gasteiger partial charge in [-0.25, -0.2) is 9.18 Å². The third-order valence-electron chi connectivity index (χ3n) is 2.06. The molecule has 15 heavy (non-hydrogen) atoms. The highest BCUT2D eigenvalue weighted by molar-refractivity contribution is 6.09. The van der Waals surface area contributed by atoms with Crippen molar-refractivity contribution in [2.45, 2.75) is 0 Å². The third kappa shape index (κ3) is 1.50. The molecule has 0 saturated heterocycles. The molecule has 0 aliphatic carbocycles. The molecule has 2 aromatic rings. The van der Waals surface area contributed by atoms with E-state index in [0.717, 1.165) is 0 Å². The fourth-order valence-electron chi connectivity index (χ4n) is 1.39. The van der Waals surface area contributed by atoms with Gasteiger partial charge >= 0.3 is 6.03 Å². The van der Waals surface area contributed by atoms with Crippen LogP contribution in [0, 0.1) is 5.82 Å². The second kappa shape index (κ2) is 3.43. The zero-order valence-corrected chi connectivity index (χ0v) is 8.16. The SMILES string of the molecule is NC(=O)n1ccc2cc(F)c(OCl)cc21. The molecule has 78 valence electrons. The van der Waals surface area contributed by atoms with Crippen LogP contribution in [-0.4, -0.2) is 10.6 Å². The molecule has 1 aromatic carbocycles. The number of hydrogen-bond acceptors (Lipinski definition) is 2.